The van der Waals surface area contributed by atoms with Gasteiger partial charge in [-0.15, -0.1) is 11.3 Å². The topological polar surface area (TPSA) is 59.0 Å². The standard InChI is InChI=1S/C12H13ClN4OS/c1-17-6-7(13)4-9(17)11(18)16-12-15-8-2-3-14-5-10(8)19-12/h4,6,14H,2-3,5H2,1H3,(H,15,16,18). The molecule has 2 N–H and O–H groups in total. The molecule has 3 rings (SSSR count). The van der Waals surface area contributed by atoms with Crippen molar-refractivity contribution in [2.24, 2.45) is 7.05 Å². The summed E-state index contributed by atoms with van der Waals surface area (Å²) < 4.78 is 1.70. The smallest absolute Gasteiger partial charge is 0.274 e. The fourth-order valence-corrected chi connectivity index (χ4v) is 3.31. The van der Waals surface area contributed by atoms with Gasteiger partial charge in [0.15, 0.2) is 5.13 Å². The Morgan fingerprint density at radius 1 is 1.63 bits per heavy atom. The number of nitrogens with zero attached hydrogens (tertiary/aromatic N) is 2. The van der Waals surface area contributed by atoms with Gasteiger partial charge >= 0.3 is 0 Å². The molecule has 0 radical (unpaired) electrons. The third-order valence-electron chi connectivity index (χ3n) is 3.03. The van der Waals surface area contributed by atoms with Gasteiger partial charge in [-0.2, -0.15) is 0 Å². The Morgan fingerprint density at radius 3 is 3.16 bits per heavy atom. The highest BCUT2D eigenvalue weighted by Gasteiger charge is 2.17. The van der Waals surface area contributed by atoms with E-state index >= 15 is 0 Å². The van der Waals surface area contributed by atoms with E-state index in [9.17, 15) is 4.79 Å². The lowest BCUT2D eigenvalue weighted by Crippen LogP contribution is -2.22. The van der Waals surface area contributed by atoms with Crippen LogP contribution in [0.2, 0.25) is 5.02 Å². The summed E-state index contributed by atoms with van der Waals surface area (Å²) in [6.07, 6.45) is 2.62. The molecular weight excluding hydrogens is 284 g/mol. The van der Waals surface area contributed by atoms with Gasteiger partial charge in [-0.25, -0.2) is 4.98 Å². The average Bonchev–Trinajstić information content (AvgIpc) is 2.91. The van der Waals surface area contributed by atoms with Gasteiger partial charge in [0.25, 0.3) is 5.91 Å². The largest absolute Gasteiger partial charge is 0.345 e. The first-order chi connectivity index (χ1) is 9.13. The first kappa shape index (κ1) is 12.7. The molecule has 2 aromatic rings. The van der Waals surface area contributed by atoms with Gasteiger partial charge in [-0.05, 0) is 6.07 Å². The zero-order chi connectivity index (χ0) is 13.4. The molecule has 0 saturated carbocycles. The summed E-state index contributed by atoms with van der Waals surface area (Å²) >= 11 is 7.40. The van der Waals surface area contributed by atoms with Gasteiger partial charge in [0.1, 0.15) is 5.69 Å². The summed E-state index contributed by atoms with van der Waals surface area (Å²) in [4.78, 5) is 17.8. The summed E-state index contributed by atoms with van der Waals surface area (Å²) in [6.45, 7) is 1.77. The van der Waals surface area contributed by atoms with Crippen molar-refractivity contribution in [1.82, 2.24) is 14.9 Å². The number of hydrogen-bond acceptors (Lipinski definition) is 4. The number of fused-ring (bicyclic) bond motifs is 1. The number of carbonyl (C=O) groups is 1. The Morgan fingerprint density at radius 2 is 2.47 bits per heavy atom. The van der Waals surface area contributed by atoms with Gasteiger partial charge in [0, 0.05) is 37.6 Å². The molecule has 19 heavy (non-hydrogen) atoms. The molecule has 100 valence electrons. The number of halogens is 1. The summed E-state index contributed by atoms with van der Waals surface area (Å²) in [6, 6.07) is 1.64. The van der Waals surface area contributed by atoms with E-state index < -0.39 is 0 Å². The molecule has 5 nitrogen and oxygen atoms in total. The highest BCUT2D eigenvalue weighted by molar-refractivity contribution is 7.15. The first-order valence-electron chi connectivity index (χ1n) is 5.96. The number of nitrogens with one attached hydrogen (secondary N) is 2. The van der Waals surface area contributed by atoms with Gasteiger partial charge in [0.2, 0.25) is 0 Å². The fraction of sp³-hybridized carbons (Fsp3) is 0.333. The van der Waals surface area contributed by atoms with Crippen LogP contribution < -0.4 is 10.6 Å². The highest BCUT2D eigenvalue weighted by atomic mass is 35.5. The summed E-state index contributed by atoms with van der Waals surface area (Å²) in [7, 11) is 1.79. The fourth-order valence-electron chi connectivity index (χ4n) is 2.09. The second-order valence-electron chi connectivity index (χ2n) is 4.42. The van der Waals surface area contributed by atoms with Gasteiger partial charge < -0.3 is 9.88 Å². The maximum atomic E-state index is 12.1. The third kappa shape index (κ3) is 2.51. The van der Waals surface area contributed by atoms with Crippen LogP contribution >= 0.6 is 22.9 Å². The van der Waals surface area contributed by atoms with Crippen LogP contribution in [0.1, 0.15) is 21.1 Å². The molecule has 3 heterocycles. The first-order valence-corrected chi connectivity index (χ1v) is 7.15. The lowest BCUT2D eigenvalue weighted by molar-refractivity contribution is 0.101. The van der Waals surface area contributed by atoms with Crippen LogP contribution in [0.15, 0.2) is 12.3 Å². The van der Waals surface area contributed by atoms with Crippen molar-refractivity contribution in [2.45, 2.75) is 13.0 Å². The normalized spacial score (nSPS) is 14.2. The Balaban J connectivity index is 1.79. The van der Waals surface area contributed by atoms with Gasteiger partial charge in [-0.1, -0.05) is 11.6 Å². The van der Waals surface area contributed by atoms with Crippen molar-refractivity contribution in [3.05, 3.63) is 33.6 Å². The number of rotatable bonds is 2. The van der Waals surface area contributed by atoms with E-state index in [1.807, 2.05) is 0 Å². The highest BCUT2D eigenvalue weighted by Crippen LogP contribution is 2.26. The van der Waals surface area contributed by atoms with Crippen LogP contribution in [0.4, 0.5) is 5.13 Å². The maximum Gasteiger partial charge on any atom is 0.274 e. The van der Waals surface area contributed by atoms with Crippen molar-refractivity contribution in [1.29, 1.82) is 0 Å². The van der Waals surface area contributed by atoms with Crippen molar-refractivity contribution >= 4 is 34.0 Å². The van der Waals surface area contributed by atoms with Crippen LogP contribution in [-0.2, 0) is 20.0 Å². The molecule has 1 amide bonds. The van der Waals surface area contributed by atoms with Crippen molar-refractivity contribution < 1.29 is 4.79 Å². The average molecular weight is 297 g/mol. The number of aromatic nitrogens is 2. The molecule has 1 aliphatic rings. The minimum atomic E-state index is -0.187. The minimum Gasteiger partial charge on any atom is -0.345 e. The van der Waals surface area contributed by atoms with E-state index in [0.29, 0.717) is 15.8 Å². The number of thiazole rings is 1. The van der Waals surface area contributed by atoms with E-state index in [1.165, 1.54) is 16.2 Å². The lowest BCUT2D eigenvalue weighted by atomic mass is 10.2. The van der Waals surface area contributed by atoms with Crippen molar-refractivity contribution in [3.8, 4) is 0 Å². The second-order valence-corrected chi connectivity index (χ2v) is 5.94. The molecule has 0 atom stereocenters. The molecule has 1 aliphatic heterocycles. The predicted molar refractivity (Wildman–Crippen MR) is 75.9 cm³/mol. The number of anilines is 1. The summed E-state index contributed by atoms with van der Waals surface area (Å²) in [5, 5.41) is 7.32. The lowest BCUT2D eigenvalue weighted by Gasteiger charge is -2.09. The Kier molecular flexibility index (Phi) is 3.30. The van der Waals surface area contributed by atoms with Crippen LogP contribution in [-0.4, -0.2) is 22.0 Å². The molecule has 0 unspecified atom stereocenters. The van der Waals surface area contributed by atoms with E-state index in [1.54, 1.807) is 23.9 Å². The quantitative estimate of drug-likeness (QED) is 0.891. The summed E-state index contributed by atoms with van der Waals surface area (Å²) in [5.41, 5.74) is 1.61. The number of amides is 1. The van der Waals surface area contributed by atoms with Gasteiger partial charge in [0.05, 0.1) is 10.7 Å². The van der Waals surface area contributed by atoms with Crippen LogP contribution in [0.5, 0.6) is 0 Å². The van der Waals surface area contributed by atoms with Crippen LogP contribution in [0.3, 0.4) is 0 Å². The Labute approximate surface area is 119 Å². The van der Waals surface area contributed by atoms with Crippen molar-refractivity contribution in [3.63, 3.8) is 0 Å². The number of hydrogen-bond donors (Lipinski definition) is 2. The minimum absolute atomic E-state index is 0.187. The zero-order valence-electron chi connectivity index (χ0n) is 10.4. The maximum absolute atomic E-state index is 12.1. The summed E-state index contributed by atoms with van der Waals surface area (Å²) in [5.74, 6) is -0.187. The monoisotopic (exact) mass is 296 g/mol. The second kappa shape index (κ2) is 4.96. The number of aryl methyl sites for hydroxylation is 1. The molecule has 7 heteroatoms. The number of carbonyl (C=O) groups excluding carboxylic acids is 1. The molecular formula is C12H13ClN4OS. The molecule has 0 aliphatic carbocycles. The zero-order valence-corrected chi connectivity index (χ0v) is 11.9. The van der Waals surface area contributed by atoms with Crippen molar-refractivity contribution in [2.75, 3.05) is 11.9 Å². The van der Waals surface area contributed by atoms with E-state index in [-0.39, 0.29) is 5.91 Å². The Bertz CT molecular complexity index is 610. The molecule has 0 saturated heterocycles. The van der Waals surface area contributed by atoms with E-state index in [4.69, 9.17) is 11.6 Å². The molecule has 0 fully saturated rings. The Hall–Kier alpha value is -1.37. The van der Waals surface area contributed by atoms with Crippen LogP contribution in [0, 0.1) is 0 Å². The SMILES string of the molecule is Cn1cc(Cl)cc1C(=O)Nc1nc2c(s1)CNCC2. The third-order valence-corrected chi connectivity index (χ3v) is 4.25. The molecule has 0 bridgehead atoms. The molecule has 0 spiro atoms. The van der Waals surface area contributed by atoms with E-state index in [0.717, 1.165) is 25.2 Å². The van der Waals surface area contributed by atoms with Gasteiger partial charge in [-0.3, -0.25) is 10.1 Å². The van der Waals surface area contributed by atoms with E-state index in [2.05, 4.69) is 15.6 Å². The predicted octanol–water partition coefficient (Wildman–Crippen LogP) is 2.03. The molecule has 2 aromatic heterocycles. The molecule has 0 aromatic carbocycles. The van der Waals surface area contributed by atoms with Crippen LogP contribution in [0.25, 0.3) is 0 Å².